The Morgan fingerprint density at radius 2 is 1.82 bits per heavy atom. The van der Waals surface area contributed by atoms with E-state index in [1.54, 1.807) is 0 Å². The Hall–Kier alpha value is -1.67. The molecule has 3 unspecified atom stereocenters. The van der Waals surface area contributed by atoms with E-state index in [9.17, 15) is 5.11 Å². The average molecular weight is 225 g/mol. The van der Waals surface area contributed by atoms with Crippen molar-refractivity contribution < 1.29 is 5.11 Å². The quantitative estimate of drug-likeness (QED) is 0.871. The third-order valence-electron chi connectivity index (χ3n) is 3.45. The number of aliphatic hydroxyl groups is 1. The summed E-state index contributed by atoms with van der Waals surface area (Å²) in [5, 5.41) is 10.3. The van der Waals surface area contributed by atoms with Crippen LogP contribution in [-0.2, 0) is 0 Å². The summed E-state index contributed by atoms with van der Waals surface area (Å²) in [6.45, 7) is 0. The lowest BCUT2D eigenvalue weighted by Crippen LogP contribution is -2.01. The van der Waals surface area contributed by atoms with Gasteiger partial charge in [0.2, 0.25) is 0 Å². The van der Waals surface area contributed by atoms with Gasteiger partial charge in [0, 0.05) is 17.8 Å². The fraction of sp³-hybridized carbons (Fsp3) is 0.267. The summed E-state index contributed by atoms with van der Waals surface area (Å²) in [5.41, 5.74) is 2.11. The Labute approximate surface area is 101 Å². The molecule has 1 heterocycles. The van der Waals surface area contributed by atoms with Gasteiger partial charge in [-0.3, -0.25) is 4.98 Å². The molecule has 2 nitrogen and oxygen atoms in total. The highest BCUT2D eigenvalue weighted by Crippen LogP contribution is 2.53. The van der Waals surface area contributed by atoms with E-state index in [0.29, 0.717) is 11.8 Å². The second kappa shape index (κ2) is 4.30. The largest absolute Gasteiger partial charge is 0.388 e. The molecule has 2 heteroatoms. The average Bonchev–Trinajstić information content (AvgIpc) is 3.20. The van der Waals surface area contributed by atoms with Gasteiger partial charge < -0.3 is 5.11 Å². The molecule has 0 aliphatic heterocycles. The van der Waals surface area contributed by atoms with Crippen LogP contribution in [0.25, 0.3) is 0 Å². The lowest BCUT2D eigenvalue weighted by molar-refractivity contribution is 0.151. The summed E-state index contributed by atoms with van der Waals surface area (Å²) >= 11 is 0. The number of aromatic nitrogens is 1. The van der Waals surface area contributed by atoms with Gasteiger partial charge in [-0.2, -0.15) is 0 Å². The van der Waals surface area contributed by atoms with Crippen molar-refractivity contribution in [1.29, 1.82) is 0 Å². The Morgan fingerprint density at radius 3 is 2.53 bits per heavy atom. The molecular formula is C15H15NO. The number of hydrogen-bond donors (Lipinski definition) is 1. The SMILES string of the molecule is OC(c1ccccc1)C1CC1c1ccccn1. The predicted molar refractivity (Wildman–Crippen MR) is 66.5 cm³/mol. The minimum absolute atomic E-state index is 0.326. The molecule has 2 aromatic rings. The number of nitrogens with zero attached hydrogens (tertiary/aromatic N) is 1. The van der Waals surface area contributed by atoms with Crippen molar-refractivity contribution in [2.45, 2.75) is 18.4 Å². The van der Waals surface area contributed by atoms with Crippen LogP contribution in [0.15, 0.2) is 54.7 Å². The lowest BCUT2D eigenvalue weighted by Gasteiger charge is -2.10. The summed E-state index contributed by atoms with van der Waals surface area (Å²) in [4.78, 5) is 4.36. The third-order valence-corrected chi connectivity index (χ3v) is 3.45. The first-order chi connectivity index (χ1) is 8.36. The predicted octanol–water partition coefficient (Wildman–Crippen LogP) is 2.92. The zero-order chi connectivity index (χ0) is 11.7. The number of pyridine rings is 1. The third kappa shape index (κ3) is 2.08. The smallest absolute Gasteiger partial charge is 0.0824 e. The van der Waals surface area contributed by atoms with Crippen molar-refractivity contribution >= 4 is 0 Å². The second-order valence-corrected chi connectivity index (χ2v) is 4.62. The minimum atomic E-state index is -0.358. The number of hydrogen-bond acceptors (Lipinski definition) is 2. The van der Waals surface area contributed by atoms with Crippen LogP contribution in [0, 0.1) is 5.92 Å². The molecule has 0 saturated heterocycles. The van der Waals surface area contributed by atoms with Gasteiger partial charge in [0.05, 0.1) is 6.10 Å². The van der Waals surface area contributed by atoms with Gasteiger partial charge in [0.15, 0.2) is 0 Å². The van der Waals surface area contributed by atoms with Gasteiger partial charge in [-0.05, 0) is 30.0 Å². The Kier molecular flexibility index (Phi) is 2.65. The standard InChI is InChI=1S/C15H15NO/c17-15(11-6-2-1-3-7-11)13-10-12(13)14-8-4-5-9-16-14/h1-9,12-13,15,17H,10H2. The maximum Gasteiger partial charge on any atom is 0.0824 e. The normalized spacial score (nSPS) is 24.3. The molecule has 1 aliphatic carbocycles. The Balaban J connectivity index is 1.73. The van der Waals surface area contributed by atoms with E-state index < -0.39 is 0 Å². The van der Waals surface area contributed by atoms with Crippen molar-refractivity contribution in [1.82, 2.24) is 4.98 Å². The molecule has 1 aromatic carbocycles. The summed E-state index contributed by atoms with van der Waals surface area (Å²) < 4.78 is 0. The molecule has 0 amide bonds. The number of benzene rings is 1. The van der Waals surface area contributed by atoms with Gasteiger partial charge in [-0.25, -0.2) is 0 Å². The highest BCUT2D eigenvalue weighted by Gasteiger charge is 2.44. The summed E-state index contributed by atoms with van der Waals surface area (Å²) in [6.07, 6.45) is 2.50. The highest BCUT2D eigenvalue weighted by molar-refractivity contribution is 5.25. The minimum Gasteiger partial charge on any atom is -0.388 e. The molecule has 1 aromatic heterocycles. The zero-order valence-electron chi connectivity index (χ0n) is 9.53. The fourth-order valence-corrected chi connectivity index (χ4v) is 2.40. The fourth-order valence-electron chi connectivity index (χ4n) is 2.40. The van der Waals surface area contributed by atoms with E-state index in [-0.39, 0.29) is 6.10 Å². The molecule has 1 saturated carbocycles. The van der Waals surface area contributed by atoms with Crippen LogP contribution in [-0.4, -0.2) is 10.1 Å². The topological polar surface area (TPSA) is 33.1 Å². The van der Waals surface area contributed by atoms with Crippen molar-refractivity contribution in [3.63, 3.8) is 0 Å². The van der Waals surface area contributed by atoms with Crippen LogP contribution in [0.2, 0.25) is 0 Å². The lowest BCUT2D eigenvalue weighted by atomic mass is 10.0. The summed E-state index contributed by atoms with van der Waals surface area (Å²) in [7, 11) is 0. The molecule has 3 atom stereocenters. The Morgan fingerprint density at radius 1 is 1.06 bits per heavy atom. The van der Waals surface area contributed by atoms with Crippen LogP contribution < -0.4 is 0 Å². The molecule has 1 aliphatic rings. The van der Waals surface area contributed by atoms with Crippen molar-refractivity contribution in [3.05, 3.63) is 66.0 Å². The first kappa shape index (κ1) is 10.5. The van der Waals surface area contributed by atoms with Gasteiger partial charge in [-0.15, -0.1) is 0 Å². The van der Waals surface area contributed by atoms with Crippen molar-refractivity contribution in [3.8, 4) is 0 Å². The molecule has 86 valence electrons. The monoisotopic (exact) mass is 225 g/mol. The van der Waals surface area contributed by atoms with Crippen LogP contribution in [0.3, 0.4) is 0 Å². The van der Waals surface area contributed by atoms with Gasteiger partial charge in [0.1, 0.15) is 0 Å². The van der Waals surface area contributed by atoms with E-state index in [0.717, 1.165) is 17.7 Å². The Bertz CT molecular complexity index is 483. The van der Waals surface area contributed by atoms with Crippen LogP contribution in [0.5, 0.6) is 0 Å². The van der Waals surface area contributed by atoms with Crippen LogP contribution in [0.1, 0.15) is 29.7 Å². The maximum absolute atomic E-state index is 10.3. The van der Waals surface area contributed by atoms with E-state index in [1.807, 2.05) is 54.7 Å². The first-order valence-electron chi connectivity index (χ1n) is 6.00. The van der Waals surface area contributed by atoms with E-state index >= 15 is 0 Å². The molecule has 1 fully saturated rings. The number of rotatable bonds is 3. The molecule has 1 N–H and O–H groups in total. The summed E-state index contributed by atoms with van der Waals surface area (Å²) in [5.74, 6) is 0.749. The van der Waals surface area contributed by atoms with Gasteiger partial charge in [0.25, 0.3) is 0 Å². The van der Waals surface area contributed by atoms with Gasteiger partial charge >= 0.3 is 0 Å². The molecular weight excluding hydrogens is 210 g/mol. The van der Waals surface area contributed by atoms with Gasteiger partial charge in [-0.1, -0.05) is 36.4 Å². The molecule has 0 bridgehead atoms. The van der Waals surface area contributed by atoms with E-state index in [1.165, 1.54) is 0 Å². The van der Waals surface area contributed by atoms with Crippen LogP contribution in [0.4, 0.5) is 0 Å². The van der Waals surface area contributed by atoms with E-state index in [4.69, 9.17) is 0 Å². The number of aliphatic hydroxyl groups excluding tert-OH is 1. The molecule has 0 radical (unpaired) electrons. The molecule has 0 spiro atoms. The zero-order valence-corrected chi connectivity index (χ0v) is 9.53. The molecule has 3 rings (SSSR count). The summed E-state index contributed by atoms with van der Waals surface area (Å²) in [6, 6.07) is 15.9. The first-order valence-corrected chi connectivity index (χ1v) is 6.00. The van der Waals surface area contributed by atoms with Crippen molar-refractivity contribution in [2.75, 3.05) is 0 Å². The maximum atomic E-state index is 10.3. The molecule has 17 heavy (non-hydrogen) atoms. The van der Waals surface area contributed by atoms with Crippen molar-refractivity contribution in [2.24, 2.45) is 5.92 Å². The highest BCUT2D eigenvalue weighted by atomic mass is 16.3. The van der Waals surface area contributed by atoms with Crippen LogP contribution >= 0.6 is 0 Å². The van der Waals surface area contributed by atoms with E-state index in [2.05, 4.69) is 4.98 Å². The second-order valence-electron chi connectivity index (χ2n) is 4.62.